The van der Waals surface area contributed by atoms with Crippen LogP contribution in [0.4, 0.5) is 0 Å². The lowest BCUT2D eigenvalue weighted by Gasteiger charge is -2.37. The molecule has 0 radical (unpaired) electrons. The first-order chi connectivity index (χ1) is 12.3. The Labute approximate surface area is 151 Å². The largest absolute Gasteiger partial charge is 0.494 e. The number of benzene rings is 2. The number of piperidine rings is 1. The third-order valence-electron chi connectivity index (χ3n) is 6.01. The lowest BCUT2D eigenvalue weighted by atomic mass is 9.80. The molecule has 1 aliphatic carbocycles. The Balaban J connectivity index is 1.63. The molecule has 0 unspecified atom stereocenters. The Morgan fingerprint density at radius 1 is 1.04 bits per heavy atom. The Bertz CT molecular complexity index is 708. The van der Waals surface area contributed by atoms with Crippen molar-refractivity contribution in [1.29, 1.82) is 0 Å². The highest BCUT2D eigenvalue weighted by atomic mass is 16.5. The number of nitrogens with zero attached hydrogens (tertiary/aromatic N) is 1. The Hall–Kier alpha value is -1.80. The van der Waals surface area contributed by atoms with E-state index >= 15 is 0 Å². The van der Waals surface area contributed by atoms with E-state index in [1.54, 1.807) is 5.56 Å². The van der Waals surface area contributed by atoms with E-state index < -0.39 is 0 Å². The predicted octanol–water partition coefficient (Wildman–Crippen LogP) is 5.39. The number of hydrogen-bond acceptors (Lipinski definition) is 2. The summed E-state index contributed by atoms with van der Waals surface area (Å²) >= 11 is 0. The van der Waals surface area contributed by atoms with Crippen molar-refractivity contribution in [1.82, 2.24) is 4.90 Å². The second-order valence-corrected chi connectivity index (χ2v) is 7.61. The molecule has 132 valence electrons. The van der Waals surface area contributed by atoms with Gasteiger partial charge in [-0.3, -0.25) is 4.90 Å². The second kappa shape index (κ2) is 7.21. The van der Waals surface area contributed by atoms with E-state index in [9.17, 15) is 0 Å². The van der Waals surface area contributed by atoms with Gasteiger partial charge < -0.3 is 4.74 Å². The maximum Gasteiger partial charge on any atom is 0.119 e. The van der Waals surface area contributed by atoms with Gasteiger partial charge in [-0.1, -0.05) is 49.7 Å². The summed E-state index contributed by atoms with van der Waals surface area (Å²) in [6.45, 7) is 4.23. The standard InChI is InChI=1S/C23H29NO/c1-3-4-16-25-18-13-11-17(12-14-18)22-19-8-5-6-9-20(19)23-21(22)10-7-15-24(23)2/h5-6,8-9,11-14,21-23H,3-4,7,10,15-16H2,1-2H3/t21-,22-,23+/m0/s1. The van der Waals surface area contributed by atoms with Crippen LogP contribution in [0.5, 0.6) is 5.75 Å². The molecule has 0 spiro atoms. The molecule has 0 saturated carbocycles. The number of fused-ring (bicyclic) bond motifs is 3. The van der Waals surface area contributed by atoms with Crippen molar-refractivity contribution in [3.05, 3.63) is 65.2 Å². The molecule has 0 bridgehead atoms. The van der Waals surface area contributed by atoms with Gasteiger partial charge in [-0.25, -0.2) is 0 Å². The zero-order valence-corrected chi connectivity index (χ0v) is 15.4. The molecule has 0 N–H and O–H groups in total. The zero-order chi connectivity index (χ0) is 17.2. The molecule has 4 rings (SSSR count). The minimum Gasteiger partial charge on any atom is -0.494 e. The smallest absolute Gasteiger partial charge is 0.119 e. The van der Waals surface area contributed by atoms with Crippen molar-refractivity contribution in [2.45, 2.75) is 44.6 Å². The van der Waals surface area contributed by atoms with Gasteiger partial charge in [0.25, 0.3) is 0 Å². The van der Waals surface area contributed by atoms with Gasteiger partial charge in [0.2, 0.25) is 0 Å². The fourth-order valence-corrected chi connectivity index (χ4v) is 4.84. The molecule has 0 aromatic heterocycles. The number of ether oxygens (including phenoxy) is 1. The molecular formula is C23H29NO. The first-order valence-electron chi connectivity index (χ1n) is 9.81. The van der Waals surface area contributed by atoms with Gasteiger partial charge in [0, 0.05) is 12.0 Å². The SMILES string of the molecule is CCCCOc1ccc([C@H]2c3ccccc3[C@@H]3[C@H]2CCCN3C)cc1. The molecule has 0 amide bonds. The normalized spacial score (nSPS) is 25.4. The number of hydrogen-bond donors (Lipinski definition) is 0. The van der Waals surface area contributed by atoms with Crippen LogP contribution in [0.25, 0.3) is 0 Å². The van der Waals surface area contributed by atoms with Crippen molar-refractivity contribution >= 4 is 0 Å². The molecule has 1 fully saturated rings. The average Bonchev–Trinajstić information content (AvgIpc) is 2.98. The van der Waals surface area contributed by atoms with E-state index in [1.165, 1.54) is 36.9 Å². The van der Waals surface area contributed by atoms with Crippen LogP contribution in [0.2, 0.25) is 0 Å². The van der Waals surface area contributed by atoms with Crippen molar-refractivity contribution in [3.63, 3.8) is 0 Å². The minimum absolute atomic E-state index is 0.522. The van der Waals surface area contributed by atoms with Crippen LogP contribution in [0.3, 0.4) is 0 Å². The van der Waals surface area contributed by atoms with Crippen LogP contribution in [-0.4, -0.2) is 25.1 Å². The fraction of sp³-hybridized carbons (Fsp3) is 0.478. The quantitative estimate of drug-likeness (QED) is 0.679. The molecule has 2 aromatic carbocycles. The monoisotopic (exact) mass is 335 g/mol. The predicted molar refractivity (Wildman–Crippen MR) is 103 cm³/mol. The van der Waals surface area contributed by atoms with Crippen LogP contribution in [-0.2, 0) is 0 Å². The van der Waals surface area contributed by atoms with Crippen molar-refractivity contribution in [2.75, 3.05) is 20.2 Å². The molecule has 2 aromatic rings. The molecule has 25 heavy (non-hydrogen) atoms. The van der Waals surface area contributed by atoms with Gasteiger partial charge in [0.15, 0.2) is 0 Å². The lowest BCUT2D eigenvalue weighted by molar-refractivity contribution is 0.127. The molecular weight excluding hydrogens is 306 g/mol. The topological polar surface area (TPSA) is 12.5 Å². The van der Waals surface area contributed by atoms with Crippen LogP contribution in [0.15, 0.2) is 48.5 Å². The fourth-order valence-electron chi connectivity index (χ4n) is 4.84. The lowest BCUT2D eigenvalue weighted by Crippen LogP contribution is -2.34. The van der Waals surface area contributed by atoms with Crippen molar-refractivity contribution in [2.24, 2.45) is 5.92 Å². The molecule has 2 heteroatoms. The molecule has 1 aliphatic heterocycles. The van der Waals surface area contributed by atoms with Gasteiger partial charge in [-0.05, 0) is 67.6 Å². The third kappa shape index (κ3) is 3.08. The van der Waals surface area contributed by atoms with Crippen LogP contribution < -0.4 is 4.74 Å². The summed E-state index contributed by atoms with van der Waals surface area (Å²) in [7, 11) is 2.29. The average molecular weight is 335 g/mol. The van der Waals surface area contributed by atoms with Crippen molar-refractivity contribution in [3.8, 4) is 5.75 Å². The van der Waals surface area contributed by atoms with E-state index in [0.717, 1.165) is 18.8 Å². The first kappa shape index (κ1) is 16.7. The summed E-state index contributed by atoms with van der Waals surface area (Å²) < 4.78 is 5.85. The minimum atomic E-state index is 0.522. The number of unbranched alkanes of at least 4 members (excludes halogenated alkanes) is 1. The Kier molecular flexibility index (Phi) is 4.80. The molecule has 1 heterocycles. The van der Waals surface area contributed by atoms with E-state index in [2.05, 4.69) is 67.4 Å². The summed E-state index contributed by atoms with van der Waals surface area (Å²) in [4.78, 5) is 2.56. The van der Waals surface area contributed by atoms with E-state index in [1.807, 2.05) is 0 Å². The van der Waals surface area contributed by atoms with Crippen molar-refractivity contribution < 1.29 is 4.74 Å². The van der Waals surface area contributed by atoms with Crippen LogP contribution >= 0.6 is 0 Å². The zero-order valence-electron chi connectivity index (χ0n) is 15.4. The van der Waals surface area contributed by atoms with E-state index in [0.29, 0.717) is 17.9 Å². The Morgan fingerprint density at radius 2 is 1.80 bits per heavy atom. The Morgan fingerprint density at radius 3 is 2.56 bits per heavy atom. The second-order valence-electron chi connectivity index (χ2n) is 7.61. The summed E-state index contributed by atoms with van der Waals surface area (Å²) in [6, 6.07) is 18.6. The van der Waals surface area contributed by atoms with E-state index in [-0.39, 0.29) is 0 Å². The first-order valence-corrected chi connectivity index (χ1v) is 9.81. The molecule has 2 aliphatic rings. The van der Waals surface area contributed by atoms with Crippen LogP contribution in [0, 0.1) is 5.92 Å². The highest BCUT2D eigenvalue weighted by Crippen LogP contribution is 2.54. The van der Waals surface area contributed by atoms with Gasteiger partial charge >= 0.3 is 0 Å². The van der Waals surface area contributed by atoms with E-state index in [4.69, 9.17) is 4.74 Å². The maximum absolute atomic E-state index is 5.85. The molecule has 3 atom stereocenters. The molecule has 1 saturated heterocycles. The van der Waals surface area contributed by atoms with Gasteiger partial charge in [0.05, 0.1) is 6.61 Å². The highest BCUT2D eigenvalue weighted by molar-refractivity contribution is 5.47. The third-order valence-corrected chi connectivity index (χ3v) is 6.01. The summed E-state index contributed by atoms with van der Waals surface area (Å²) in [5, 5.41) is 0. The van der Waals surface area contributed by atoms with Gasteiger partial charge in [0.1, 0.15) is 5.75 Å². The highest BCUT2D eigenvalue weighted by Gasteiger charge is 2.44. The van der Waals surface area contributed by atoms with Crippen LogP contribution in [0.1, 0.15) is 61.3 Å². The summed E-state index contributed by atoms with van der Waals surface area (Å²) in [5.74, 6) is 2.22. The summed E-state index contributed by atoms with van der Waals surface area (Å²) in [6.07, 6.45) is 4.92. The number of likely N-dealkylation sites (tertiary alicyclic amines) is 1. The van der Waals surface area contributed by atoms with Gasteiger partial charge in [-0.2, -0.15) is 0 Å². The molecule has 2 nitrogen and oxygen atoms in total. The number of rotatable bonds is 5. The maximum atomic E-state index is 5.85. The van der Waals surface area contributed by atoms with Gasteiger partial charge in [-0.15, -0.1) is 0 Å². The summed E-state index contributed by atoms with van der Waals surface area (Å²) in [5.41, 5.74) is 4.52.